The zero-order valence-corrected chi connectivity index (χ0v) is 14.9. The first-order valence-corrected chi connectivity index (χ1v) is 8.06. The summed E-state index contributed by atoms with van der Waals surface area (Å²) in [5, 5.41) is 21.3. The van der Waals surface area contributed by atoms with Crippen molar-refractivity contribution in [3.63, 3.8) is 0 Å². The Hall–Kier alpha value is -2.44. The van der Waals surface area contributed by atoms with E-state index in [1.807, 2.05) is 6.92 Å². The summed E-state index contributed by atoms with van der Waals surface area (Å²) in [5.41, 5.74) is 6.44. The van der Waals surface area contributed by atoms with Gasteiger partial charge in [0.1, 0.15) is 0 Å². The van der Waals surface area contributed by atoms with Crippen LogP contribution >= 0.6 is 23.2 Å². The van der Waals surface area contributed by atoms with E-state index in [4.69, 9.17) is 39.1 Å². The van der Waals surface area contributed by atoms with Crippen LogP contribution in [0.4, 0.5) is 11.4 Å². The molecule has 0 aliphatic rings. The highest BCUT2D eigenvalue weighted by Crippen LogP contribution is 2.20. The van der Waals surface area contributed by atoms with E-state index < -0.39 is 11.9 Å². The molecular formula is C17H18Cl2N2O4. The summed E-state index contributed by atoms with van der Waals surface area (Å²) >= 11 is 11.2. The van der Waals surface area contributed by atoms with Crippen molar-refractivity contribution in [1.29, 1.82) is 0 Å². The molecule has 0 radical (unpaired) electrons. The number of benzene rings is 2. The molecule has 2 aromatic rings. The first-order chi connectivity index (χ1) is 11.8. The van der Waals surface area contributed by atoms with Gasteiger partial charge in [0.25, 0.3) is 0 Å². The number of nitrogen functional groups attached to an aromatic ring is 1. The molecule has 0 heterocycles. The third kappa shape index (κ3) is 6.52. The lowest BCUT2D eigenvalue weighted by Gasteiger charge is -2.08. The number of carboxylic acid groups (broad SMARTS) is 2. The molecule has 0 aliphatic carbocycles. The molecule has 0 fully saturated rings. The molecule has 0 aliphatic heterocycles. The van der Waals surface area contributed by atoms with Gasteiger partial charge >= 0.3 is 11.9 Å². The van der Waals surface area contributed by atoms with Crippen molar-refractivity contribution >= 4 is 46.5 Å². The molecule has 0 saturated heterocycles. The summed E-state index contributed by atoms with van der Waals surface area (Å²) in [7, 11) is 0. The van der Waals surface area contributed by atoms with E-state index in [1.165, 1.54) is 18.2 Å². The van der Waals surface area contributed by atoms with E-state index in [9.17, 15) is 9.59 Å². The minimum absolute atomic E-state index is 0.0394. The van der Waals surface area contributed by atoms with Gasteiger partial charge in [0.2, 0.25) is 0 Å². The van der Waals surface area contributed by atoms with Crippen LogP contribution in [0.3, 0.4) is 0 Å². The summed E-state index contributed by atoms with van der Waals surface area (Å²) < 4.78 is 0. The van der Waals surface area contributed by atoms with E-state index in [0.29, 0.717) is 15.7 Å². The molecule has 5 N–H and O–H groups in total. The number of hydrogen-bond donors (Lipinski definition) is 4. The van der Waals surface area contributed by atoms with Crippen LogP contribution in [0.5, 0.6) is 0 Å². The first kappa shape index (κ1) is 20.6. The second-order valence-corrected chi connectivity index (χ2v) is 5.83. The molecule has 2 rings (SSSR count). The Kier molecular flexibility index (Phi) is 8.04. The Morgan fingerprint density at radius 3 is 2.00 bits per heavy atom. The van der Waals surface area contributed by atoms with Crippen LogP contribution in [-0.4, -0.2) is 28.7 Å². The molecule has 134 valence electrons. The third-order valence-electron chi connectivity index (χ3n) is 3.02. The summed E-state index contributed by atoms with van der Waals surface area (Å²) in [6.45, 7) is 2.77. The number of nitrogens with one attached hydrogen (secondary N) is 1. The number of rotatable bonds is 5. The van der Waals surface area contributed by atoms with Crippen LogP contribution in [0.15, 0.2) is 36.4 Å². The predicted octanol–water partition coefficient (Wildman–Crippen LogP) is 4.48. The fourth-order valence-electron chi connectivity index (χ4n) is 1.82. The molecular weight excluding hydrogens is 367 g/mol. The van der Waals surface area contributed by atoms with Gasteiger partial charge in [-0.3, -0.25) is 0 Å². The van der Waals surface area contributed by atoms with Crippen molar-refractivity contribution in [2.75, 3.05) is 17.6 Å². The monoisotopic (exact) mass is 384 g/mol. The second kappa shape index (κ2) is 9.76. The Labute approximate surface area is 155 Å². The van der Waals surface area contributed by atoms with Gasteiger partial charge in [0.15, 0.2) is 0 Å². The van der Waals surface area contributed by atoms with Gasteiger partial charge < -0.3 is 21.3 Å². The van der Waals surface area contributed by atoms with Gasteiger partial charge in [-0.25, -0.2) is 9.59 Å². The Bertz CT molecular complexity index is 766. The van der Waals surface area contributed by atoms with Crippen LogP contribution in [0.25, 0.3) is 0 Å². The fraction of sp³-hybridized carbons (Fsp3) is 0.176. The highest BCUT2D eigenvalue weighted by molar-refractivity contribution is 6.31. The number of hydrogen-bond acceptors (Lipinski definition) is 4. The van der Waals surface area contributed by atoms with E-state index in [2.05, 4.69) is 5.32 Å². The summed E-state index contributed by atoms with van der Waals surface area (Å²) in [6.07, 6.45) is 0.946. The van der Waals surface area contributed by atoms with E-state index >= 15 is 0 Å². The molecule has 0 saturated carbocycles. The highest BCUT2D eigenvalue weighted by Gasteiger charge is 2.09. The van der Waals surface area contributed by atoms with Gasteiger partial charge in [-0.05, 0) is 42.8 Å². The third-order valence-corrected chi connectivity index (χ3v) is 3.49. The van der Waals surface area contributed by atoms with Gasteiger partial charge in [-0.2, -0.15) is 0 Å². The molecule has 8 heteroatoms. The smallest absolute Gasteiger partial charge is 0.337 e. The van der Waals surface area contributed by atoms with Crippen LogP contribution < -0.4 is 11.1 Å². The minimum atomic E-state index is -1.06. The Morgan fingerprint density at radius 2 is 1.52 bits per heavy atom. The standard InChI is InChI=1S/C10H12ClNO2.C7H6ClNO2/c1-2-5-12-9-4-3-7(11)6-8(9)10(13)14;8-4-1-2-6(9)5(3-4)7(10)11/h3-4,6,12H,2,5H2,1H3,(H,13,14);1-3H,9H2,(H,10,11). The highest BCUT2D eigenvalue weighted by atomic mass is 35.5. The second-order valence-electron chi connectivity index (χ2n) is 4.96. The number of nitrogens with two attached hydrogens (primary N) is 1. The maximum absolute atomic E-state index is 10.8. The largest absolute Gasteiger partial charge is 0.478 e. The van der Waals surface area contributed by atoms with Crippen LogP contribution in [-0.2, 0) is 0 Å². The number of carbonyl (C=O) groups is 2. The number of aromatic carboxylic acids is 2. The molecule has 25 heavy (non-hydrogen) atoms. The lowest BCUT2D eigenvalue weighted by Crippen LogP contribution is -2.06. The molecule has 0 aromatic heterocycles. The van der Waals surface area contributed by atoms with E-state index in [1.54, 1.807) is 18.2 Å². The van der Waals surface area contributed by atoms with Crippen molar-refractivity contribution in [3.05, 3.63) is 57.6 Å². The Morgan fingerprint density at radius 1 is 1.00 bits per heavy atom. The summed E-state index contributed by atoms with van der Waals surface area (Å²) in [5.74, 6) is -2.03. The average molecular weight is 385 g/mol. The fourth-order valence-corrected chi connectivity index (χ4v) is 2.17. The maximum Gasteiger partial charge on any atom is 0.337 e. The molecule has 0 spiro atoms. The molecule has 2 aromatic carbocycles. The number of anilines is 2. The van der Waals surface area contributed by atoms with Crippen molar-refractivity contribution in [3.8, 4) is 0 Å². The average Bonchev–Trinajstić information content (AvgIpc) is 2.56. The van der Waals surface area contributed by atoms with E-state index in [0.717, 1.165) is 13.0 Å². The van der Waals surface area contributed by atoms with Crippen LogP contribution in [0.2, 0.25) is 10.0 Å². The molecule has 0 bridgehead atoms. The lowest BCUT2D eigenvalue weighted by molar-refractivity contribution is 0.0687. The van der Waals surface area contributed by atoms with Crippen LogP contribution in [0, 0.1) is 0 Å². The SMILES string of the molecule is CCCNc1ccc(Cl)cc1C(=O)O.Nc1ccc(Cl)cc1C(=O)O. The minimum Gasteiger partial charge on any atom is -0.478 e. The van der Waals surface area contributed by atoms with Gasteiger partial charge in [0, 0.05) is 28.0 Å². The van der Waals surface area contributed by atoms with Crippen molar-refractivity contribution in [1.82, 2.24) is 0 Å². The summed E-state index contributed by atoms with van der Waals surface area (Å²) in [4.78, 5) is 21.3. The van der Waals surface area contributed by atoms with Gasteiger partial charge in [-0.1, -0.05) is 30.1 Å². The zero-order valence-electron chi connectivity index (χ0n) is 13.4. The molecule has 6 nitrogen and oxygen atoms in total. The number of carboxylic acids is 2. The normalized spacial score (nSPS) is 9.72. The molecule has 0 atom stereocenters. The number of halogens is 2. The van der Waals surface area contributed by atoms with Crippen molar-refractivity contribution in [2.24, 2.45) is 0 Å². The maximum atomic E-state index is 10.8. The predicted molar refractivity (Wildman–Crippen MR) is 100 cm³/mol. The lowest BCUT2D eigenvalue weighted by atomic mass is 10.2. The quantitative estimate of drug-likeness (QED) is 0.565. The molecule has 0 amide bonds. The zero-order chi connectivity index (χ0) is 19.0. The van der Waals surface area contributed by atoms with E-state index in [-0.39, 0.29) is 16.8 Å². The van der Waals surface area contributed by atoms with Crippen LogP contribution in [0.1, 0.15) is 34.1 Å². The Balaban J connectivity index is 0.000000257. The summed E-state index contributed by atoms with van der Waals surface area (Å²) in [6, 6.07) is 9.13. The topological polar surface area (TPSA) is 113 Å². The van der Waals surface area contributed by atoms with Gasteiger partial charge in [-0.15, -0.1) is 0 Å². The van der Waals surface area contributed by atoms with Crippen molar-refractivity contribution < 1.29 is 19.8 Å². The van der Waals surface area contributed by atoms with Gasteiger partial charge in [0.05, 0.1) is 11.1 Å². The first-order valence-electron chi connectivity index (χ1n) is 7.31. The van der Waals surface area contributed by atoms with Crippen molar-refractivity contribution in [2.45, 2.75) is 13.3 Å². The molecule has 0 unspecified atom stereocenters.